The van der Waals surface area contributed by atoms with Crippen molar-refractivity contribution in [1.82, 2.24) is 4.98 Å². The van der Waals surface area contributed by atoms with Crippen LogP contribution in [0.1, 0.15) is 0 Å². The summed E-state index contributed by atoms with van der Waals surface area (Å²) >= 11 is 5.79. The van der Waals surface area contributed by atoms with E-state index in [4.69, 9.17) is 26.5 Å². The molecule has 1 aromatic heterocycles. The van der Waals surface area contributed by atoms with E-state index in [0.717, 1.165) is 0 Å². The Bertz CT molecular complexity index is 790. The Kier molecular flexibility index (Phi) is 2.68. The lowest BCUT2D eigenvalue weighted by Crippen LogP contribution is -1.93. The van der Waals surface area contributed by atoms with E-state index in [9.17, 15) is 4.79 Å². The lowest BCUT2D eigenvalue weighted by molar-refractivity contribution is 0.485. The summed E-state index contributed by atoms with van der Waals surface area (Å²) in [7, 11) is 0. The number of H-pyrrole nitrogens is 1. The summed E-state index contributed by atoms with van der Waals surface area (Å²) in [5, 5.41) is 0.620. The highest BCUT2D eigenvalue weighted by molar-refractivity contribution is 6.30. The molecular formula is C13H9ClN2O3. The summed E-state index contributed by atoms with van der Waals surface area (Å²) in [6, 6.07) is 10.0. The first-order chi connectivity index (χ1) is 9.11. The first-order valence-electron chi connectivity index (χ1n) is 5.47. The summed E-state index contributed by atoms with van der Waals surface area (Å²) in [5.41, 5.74) is 7.15. The molecule has 3 aromatic rings. The second kappa shape index (κ2) is 4.37. The molecule has 0 saturated carbocycles. The highest BCUT2D eigenvalue weighted by Crippen LogP contribution is 2.31. The van der Waals surface area contributed by atoms with E-state index in [1.165, 1.54) is 0 Å². The molecule has 1 heterocycles. The average Bonchev–Trinajstić information content (AvgIpc) is 2.72. The molecule has 0 fully saturated rings. The molecule has 0 bridgehead atoms. The lowest BCUT2D eigenvalue weighted by Gasteiger charge is -2.08. The summed E-state index contributed by atoms with van der Waals surface area (Å²) in [6.45, 7) is 0. The van der Waals surface area contributed by atoms with E-state index in [-0.39, 0.29) is 0 Å². The quantitative estimate of drug-likeness (QED) is 0.705. The van der Waals surface area contributed by atoms with Crippen LogP contribution >= 0.6 is 11.6 Å². The summed E-state index contributed by atoms with van der Waals surface area (Å²) in [4.78, 5) is 13.6. The normalized spacial score (nSPS) is 10.8. The van der Waals surface area contributed by atoms with Crippen LogP contribution in [-0.4, -0.2) is 4.98 Å². The van der Waals surface area contributed by atoms with Gasteiger partial charge in [-0.1, -0.05) is 11.6 Å². The van der Waals surface area contributed by atoms with Crippen molar-refractivity contribution in [2.45, 2.75) is 0 Å². The van der Waals surface area contributed by atoms with Gasteiger partial charge < -0.3 is 14.9 Å². The number of nitrogens with one attached hydrogen (secondary N) is 1. The topological polar surface area (TPSA) is 81.2 Å². The molecule has 3 N–H and O–H groups in total. The highest BCUT2D eigenvalue weighted by atomic mass is 35.5. The largest absolute Gasteiger partial charge is 0.455 e. The second-order valence-corrected chi connectivity index (χ2v) is 4.39. The van der Waals surface area contributed by atoms with Crippen LogP contribution in [0, 0.1) is 0 Å². The molecule has 5 nitrogen and oxygen atoms in total. The van der Waals surface area contributed by atoms with Gasteiger partial charge in [0.2, 0.25) is 0 Å². The summed E-state index contributed by atoms with van der Waals surface area (Å²) in [6.07, 6.45) is 0. The highest BCUT2D eigenvalue weighted by Gasteiger charge is 2.08. The SMILES string of the molecule is Nc1cc2oc(=O)[nH]c2cc1Oc1ccc(Cl)cc1. The fraction of sp³-hybridized carbons (Fsp3) is 0. The van der Waals surface area contributed by atoms with Crippen LogP contribution in [0.4, 0.5) is 5.69 Å². The van der Waals surface area contributed by atoms with Crippen LogP contribution in [0.15, 0.2) is 45.6 Å². The van der Waals surface area contributed by atoms with Gasteiger partial charge in [0.25, 0.3) is 0 Å². The van der Waals surface area contributed by atoms with Gasteiger partial charge in [-0.3, -0.25) is 4.98 Å². The predicted molar refractivity (Wildman–Crippen MR) is 72.8 cm³/mol. The standard InChI is InChI=1S/C13H9ClN2O3/c14-7-1-3-8(4-2-7)18-11-6-10-12(5-9(11)15)19-13(17)16-10/h1-6H,15H2,(H,16,17). The van der Waals surface area contributed by atoms with Crippen LogP contribution in [0.2, 0.25) is 5.02 Å². The van der Waals surface area contributed by atoms with Crippen LogP contribution in [0.25, 0.3) is 11.1 Å². The molecule has 0 atom stereocenters. The fourth-order valence-electron chi connectivity index (χ4n) is 1.71. The van der Waals surface area contributed by atoms with Gasteiger partial charge >= 0.3 is 5.76 Å². The average molecular weight is 277 g/mol. The maximum atomic E-state index is 11.1. The van der Waals surface area contributed by atoms with E-state index >= 15 is 0 Å². The van der Waals surface area contributed by atoms with Crippen molar-refractivity contribution in [1.29, 1.82) is 0 Å². The van der Waals surface area contributed by atoms with E-state index in [2.05, 4.69) is 4.98 Å². The Labute approximate surface area is 112 Å². The number of oxazole rings is 1. The van der Waals surface area contributed by atoms with Gasteiger partial charge in [0.15, 0.2) is 11.3 Å². The van der Waals surface area contributed by atoms with Crippen LogP contribution in [0.3, 0.4) is 0 Å². The number of benzene rings is 2. The minimum Gasteiger partial charge on any atom is -0.455 e. The number of nitrogen functional groups attached to an aromatic ring is 1. The van der Waals surface area contributed by atoms with Crippen molar-refractivity contribution in [3.8, 4) is 11.5 Å². The van der Waals surface area contributed by atoms with Gasteiger partial charge in [0.1, 0.15) is 5.75 Å². The zero-order valence-corrected chi connectivity index (χ0v) is 10.4. The Morgan fingerprint density at radius 2 is 1.95 bits per heavy atom. The number of nitrogens with two attached hydrogens (primary N) is 1. The van der Waals surface area contributed by atoms with Crippen molar-refractivity contribution in [2.75, 3.05) is 5.73 Å². The molecular weight excluding hydrogens is 268 g/mol. The third-order valence-electron chi connectivity index (χ3n) is 2.59. The van der Waals surface area contributed by atoms with E-state index < -0.39 is 5.76 Å². The Balaban J connectivity index is 2.02. The molecule has 0 saturated heterocycles. The van der Waals surface area contributed by atoms with Crippen LogP contribution < -0.4 is 16.2 Å². The molecule has 3 rings (SSSR count). The molecule has 0 radical (unpaired) electrons. The number of rotatable bonds is 2. The minimum absolute atomic E-state index is 0.380. The fourth-order valence-corrected chi connectivity index (χ4v) is 1.84. The lowest BCUT2D eigenvalue weighted by atomic mass is 10.2. The van der Waals surface area contributed by atoms with Gasteiger partial charge in [-0.05, 0) is 24.3 Å². The number of halogens is 1. The van der Waals surface area contributed by atoms with Crippen molar-refractivity contribution >= 4 is 28.4 Å². The van der Waals surface area contributed by atoms with E-state index in [1.807, 2.05) is 0 Å². The molecule has 96 valence electrons. The smallest absolute Gasteiger partial charge is 0.417 e. The predicted octanol–water partition coefficient (Wildman–Crippen LogP) is 3.15. The molecule has 19 heavy (non-hydrogen) atoms. The summed E-state index contributed by atoms with van der Waals surface area (Å²) in [5.74, 6) is 0.506. The first-order valence-corrected chi connectivity index (χ1v) is 5.85. The molecule has 0 amide bonds. The zero-order valence-electron chi connectivity index (χ0n) is 9.64. The minimum atomic E-state index is -0.530. The molecule has 0 aliphatic carbocycles. The second-order valence-electron chi connectivity index (χ2n) is 3.96. The van der Waals surface area contributed by atoms with Crippen LogP contribution in [-0.2, 0) is 0 Å². The molecule has 0 aliphatic heterocycles. The number of aromatic amines is 1. The Hall–Kier alpha value is -2.40. The summed E-state index contributed by atoms with van der Waals surface area (Å²) < 4.78 is 10.5. The number of fused-ring (bicyclic) bond motifs is 1. The van der Waals surface area contributed by atoms with Gasteiger partial charge in [-0.25, -0.2) is 4.79 Å². The van der Waals surface area contributed by atoms with Crippen molar-refractivity contribution in [3.63, 3.8) is 0 Å². The van der Waals surface area contributed by atoms with E-state index in [1.54, 1.807) is 36.4 Å². The zero-order chi connectivity index (χ0) is 13.4. The van der Waals surface area contributed by atoms with Crippen molar-refractivity contribution in [2.24, 2.45) is 0 Å². The third-order valence-corrected chi connectivity index (χ3v) is 2.84. The van der Waals surface area contributed by atoms with Gasteiger partial charge in [0.05, 0.1) is 11.2 Å². The number of aromatic nitrogens is 1. The molecule has 0 unspecified atom stereocenters. The molecule has 0 spiro atoms. The monoisotopic (exact) mass is 276 g/mol. The number of ether oxygens (including phenoxy) is 1. The van der Waals surface area contributed by atoms with Gasteiger partial charge in [0, 0.05) is 17.2 Å². The van der Waals surface area contributed by atoms with Crippen molar-refractivity contribution < 1.29 is 9.15 Å². The van der Waals surface area contributed by atoms with Gasteiger partial charge in [-0.15, -0.1) is 0 Å². The number of hydrogen-bond acceptors (Lipinski definition) is 4. The van der Waals surface area contributed by atoms with Crippen molar-refractivity contribution in [3.05, 3.63) is 52.0 Å². The molecule has 2 aromatic carbocycles. The molecule has 0 aliphatic rings. The first kappa shape index (κ1) is 11.7. The number of anilines is 1. The maximum Gasteiger partial charge on any atom is 0.417 e. The van der Waals surface area contributed by atoms with Gasteiger partial charge in [-0.2, -0.15) is 0 Å². The Morgan fingerprint density at radius 3 is 2.68 bits per heavy atom. The molecule has 6 heteroatoms. The van der Waals surface area contributed by atoms with E-state index in [0.29, 0.717) is 33.3 Å². The number of hydrogen-bond donors (Lipinski definition) is 2. The van der Waals surface area contributed by atoms with Crippen LogP contribution in [0.5, 0.6) is 11.5 Å². The third kappa shape index (κ3) is 2.28. The Morgan fingerprint density at radius 1 is 1.21 bits per heavy atom. The maximum absolute atomic E-state index is 11.1.